The standard InChI is InChI=1S/C27H42ClFN4O3/c1-3-31-24(34)18-36-26(22-12-7-13-23(28)25(22)29)20-11-8-14-33(17-20)27(35)32-21(16-30-2)15-19-9-5-4-6-10-19/h7,12-13,19-21,26,30H,3-6,8-11,14-18H2,1-2H3,(H,31,34)(H,32,35). The van der Waals surface area contributed by atoms with E-state index in [-0.39, 0.29) is 35.5 Å². The van der Waals surface area contributed by atoms with E-state index in [0.717, 1.165) is 25.8 Å². The molecule has 3 N–H and O–H groups in total. The van der Waals surface area contributed by atoms with Crippen molar-refractivity contribution in [2.45, 2.75) is 70.4 Å². The van der Waals surface area contributed by atoms with Crippen molar-refractivity contribution >= 4 is 23.5 Å². The first kappa shape index (κ1) is 28.7. The Labute approximate surface area is 219 Å². The third kappa shape index (κ3) is 8.32. The average Bonchev–Trinajstić information content (AvgIpc) is 2.87. The zero-order valence-corrected chi connectivity index (χ0v) is 22.4. The molecule has 202 valence electrons. The molecule has 3 amide bonds. The minimum atomic E-state index is -0.683. The van der Waals surface area contributed by atoms with E-state index in [1.165, 1.54) is 38.2 Å². The Morgan fingerprint density at radius 2 is 1.97 bits per heavy atom. The van der Waals surface area contributed by atoms with Crippen molar-refractivity contribution in [2.24, 2.45) is 11.8 Å². The van der Waals surface area contributed by atoms with E-state index in [2.05, 4.69) is 16.0 Å². The zero-order valence-electron chi connectivity index (χ0n) is 21.7. The fourth-order valence-electron chi connectivity index (χ4n) is 5.61. The Morgan fingerprint density at radius 1 is 1.19 bits per heavy atom. The van der Waals surface area contributed by atoms with E-state index < -0.39 is 11.9 Å². The lowest BCUT2D eigenvalue weighted by Gasteiger charge is -2.38. The topological polar surface area (TPSA) is 82.7 Å². The fraction of sp³-hybridized carbons (Fsp3) is 0.704. The van der Waals surface area contributed by atoms with Crippen LogP contribution in [0.4, 0.5) is 9.18 Å². The number of urea groups is 1. The van der Waals surface area contributed by atoms with Gasteiger partial charge in [0, 0.05) is 43.7 Å². The zero-order chi connectivity index (χ0) is 25.9. The Balaban J connectivity index is 1.69. The van der Waals surface area contributed by atoms with Gasteiger partial charge in [-0.15, -0.1) is 0 Å². The Kier molecular flexibility index (Phi) is 11.7. The number of hydrogen-bond acceptors (Lipinski definition) is 4. The van der Waals surface area contributed by atoms with Crippen molar-refractivity contribution < 1.29 is 18.7 Å². The van der Waals surface area contributed by atoms with Crippen LogP contribution in [-0.4, -0.2) is 62.7 Å². The van der Waals surface area contributed by atoms with Crippen LogP contribution in [0.2, 0.25) is 5.02 Å². The number of rotatable bonds is 11. The maximum Gasteiger partial charge on any atom is 0.317 e. The van der Waals surface area contributed by atoms with Gasteiger partial charge in [0.25, 0.3) is 0 Å². The van der Waals surface area contributed by atoms with Crippen molar-refractivity contribution in [3.63, 3.8) is 0 Å². The number of likely N-dealkylation sites (N-methyl/N-ethyl adjacent to an activating group) is 2. The van der Waals surface area contributed by atoms with E-state index >= 15 is 4.39 Å². The summed E-state index contributed by atoms with van der Waals surface area (Å²) in [7, 11) is 1.91. The molecule has 1 saturated heterocycles. The number of nitrogens with one attached hydrogen (secondary N) is 3. The molecule has 9 heteroatoms. The number of carbonyl (C=O) groups is 2. The van der Waals surface area contributed by atoms with E-state index in [4.69, 9.17) is 16.3 Å². The van der Waals surface area contributed by atoms with Gasteiger partial charge in [0.1, 0.15) is 12.4 Å². The number of nitrogens with zero attached hydrogens (tertiary/aromatic N) is 1. The normalized spacial score (nSPS) is 20.6. The van der Waals surface area contributed by atoms with Crippen molar-refractivity contribution in [1.29, 1.82) is 0 Å². The van der Waals surface area contributed by atoms with Crippen molar-refractivity contribution in [3.05, 3.63) is 34.6 Å². The molecule has 1 saturated carbocycles. The summed E-state index contributed by atoms with van der Waals surface area (Å²) in [5.74, 6) is -0.298. The number of piperidine rings is 1. The van der Waals surface area contributed by atoms with Crippen molar-refractivity contribution in [2.75, 3.05) is 39.8 Å². The van der Waals surface area contributed by atoms with Crippen LogP contribution in [0, 0.1) is 17.7 Å². The summed E-state index contributed by atoms with van der Waals surface area (Å²) in [5.41, 5.74) is 0.324. The molecule has 0 radical (unpaired) electrons. The summed E-state index contributed by atoms with van der Waals surface area (Å²) in [4.78, 5) is 27.2. The second-order valence-electron chi connectivity index (χ2n) is 10.1. The predicted molar refractivity (Wildman–Crippen MR) is 141 cm³/mol. The number of carbonyl (C=O) groups excluding carboxylic acids is 2. The van der Waals surface area contributed by atoms with Gasteiger partial charge in [-0.3, -0.25) is 4.79 Å². The Hall–Kier alpha value is -1.90. The van der Waals surface area contributed by atoms with Crippen LogP contribution in [-0.2, 0) is 9.53 Å². The molecule has 2 aliphatic rings. The minimum absolute atomic E-state index is 0.0159. The molecular weight excluding hydrogens is 483 g/mol. The summed E-state index contributed by atoms with van der Waals surface area (Å²) in [6.45, 7) is 3.93. The van der Waals surface area contributed by atoms with Gasteiger partial charge in [0.05, 0.1) is 11.1 Å². The molecule has 1 aromatic carbocycles. The second-order valence-corrected chi connectivity index (χ2v) is 10.5. The molecule has 1 aromatic rings. The summed E-state index contributed by atoms with van der Waals surface area (Å²) in [6.07, 6.45) is 8.17. The smallest absolute Gasteiger partial charge is 0.317 e. The highest BCUT2D eigenvalue weighted by molar-refractivity contribution is 6.30. The third-order valence-corrected chi connectivity index (χ3v) is 7.64. The van der Waals surface area contributed by atoms with Gasteiger partial charge in [0.15, 0.2) is 0 Å². The molecule has 1 aliphatic carbocycles. The maximum atomic E-state index is 15.0. The summed E-state index contributed by atoms with van der Waals surface area (Å²) < 4.78 is 21.0. The van der Waals surface area contributed by atoms with E-state index in [0.29, 0.717) is 31.1 Å². The van der Waals surface area contributed by atoms with Gasteiger partial charge in [-0.25, -0.2) is 9.18 Å². The number of hydrogen-bond donors (Lipinski definition) is 3. The van der Waals surface area contributed by atoms with E-state index in [1.54, 1.807) is 12.1 Å². The fourth-order valence-corrected chi connectivity index (χ4v) is 5.79. The summed E-state index contributed by atoms with van der Waals surface area (Å²) in [5, 5.41) is 9.19. The lowest BCUT2D eigenvalue weighted by molar-refractivity contribution is -0.129. The molecule has 36 heavy (non-hydrogen) atoms. The molecule has 3 atom stereocenters. The van der Waals surface area contributed by atoms with E-state index in [1.807, 2.05) is 18.9 Å². The van der Waals surface area contributed by atoms with Crippen LogP contribution in [0.25, 0.3) is 0 Å². The first-order valence-corrected chi connectivity index (χ1v) is 13.8. The molecule has 1 heterocycles. The number of likely N-dealkylation sites (tertiary alicyclic amines) is 1. The summed E-state index contributed by atoms with van der Waals surface area (Å²) >= 11 is 6.07. The highest BCUT2D eigenvalue weighted by atomic mass is 35.5. The second kappa shape index (κ2) is 14.7. The number of halogens is 2. The van der Waals surface area contributed by atoms with Gasteiger partial charge >= 0.3 is 6.03 Å². The molecule has 7 nitrogen and oxygen atoms in total. The predicted octanol–water partition coefficient (Wildman–Crippen LogP) is 4.65. The maximum absolute atomic E-state index is 15.0. The molecule has 0 spiro atoms. The highest BCUT2D eigenvalue weighted by Gasteiger charge is 2.34. The Bertz CT molecular complexity index is 852. The molecule has 0 bridgehead atoms. The summed E-state index contributed by atoms with van der Waals surface area (Å²) in [6, 6.07) is 4.81. The molecule has 3 unspecified atom stereocenters. The molecule has 0 aromatic heterocycles. The SMILES string of the molecule is CCNC(=O)COC(c1cccc(Cl)c1F)C1CCCN(C(=O)NC(CNC)CC2CCCCC2)C1. The third-order valence-electron chi connectivity index (χ3n) is 7.35. The van der Waals surface area contributed by atoms with Gasteiger partial charge in [-0.05, 0) is 45.2 Å². The largest absolute Gasteiger partial charge is 0.363 e. The van der Waals surface area contributed by atoms with Crippen LogP contribution in [0.1, 0.15) is 70.0 Å². The van der Waals surface area contributed by atoms with Crippen molar-refractivity contribution in [1.82, 2.24) is 20.9 Å². The first-order chi connectivity index (χ1) is 17.4. The molecule has 1 aliphatic heterocycles. The van der Waals surface area contributed by atoms with Crippen LogP contribution in [0.15, 0.2) is 18.2 Å². The quantitative estimate of drug-likeness (QED) is 0.393. The van der Waals surface area contributed by atoms with Gasteiger partial charge in [-0.2, -0.15) is 0 Å². The number of amides is 3. The molecule has 2 fully saturated rings. The molecule has 3 rings (SSSR count). The minimum Gasteiger partial charge on any atom is -0.363 e. The van der Waals surface area contributed by atoms with Gasteiger partial charge in [-0.1, -0.05) is 55.8 Å². The van der Waals surface area contributed by atoms with Crippen LogP contribution in [0.3, 0.4) is 0 Å². The first-order valence-electron chi connectivity index (χ1n) is 13.4. The monoisotopic (exact) mass is 524 g/mol. The van der Waals surface area contributed by atoms with E-state index in [9.17, 15) is 9.59 Å². The number of benzene rings is 1. The van der Waals surface area contributed by atoms with Crippen molar-refractivity contribution in [3.8, 4) is 0 Å². The van der Waals surface area contributed by atoms with Gasteiger partial charge in [0.2, 0.25) is 5.91 Å². The lowest BCUT2D eigenvalue weighted by Crippen LogP contribution is -2.52. The highest BCUT2D eigenvalue weighted by Crippen LogP contribution is 2.36. The van der Waals surface area contributed by atoms with Crippen LogP contribution in [0.5, 0.6) is 0 Å². The van der Waals surface area contributed by atoms with Crippen LogP contribution < -0.4 is 16.0 Å². The van der Waals surface area contributed by atoms with Crippen LogP contribution >= 0.6 is 11.6 Å². The van der Waals surface area contributed by atoms with Gasteiger partial charge < -0.3 is 25.6 Å². The lowest BCUT2D eigenvalue weighted by atomic mass is 9.85. The average molecular weight is 525 g/mol. The molecular formula is C27H42ClFN4O3. The Morgan fingerprint density at radius 3 is 2.69 bits per heavy atom. The number of ether oxygens (including phenoxy) is 1.